The van der Waals surface area contributed by atoms with Crippen LogP contribution in [0.1, 0.15) is 27.5 Å². The molecule has 1 fully saturated rings. The summed E-state index contributed by atoms with van der Waals surface area (Å²) in [5, 5.41) is 9.60. The molecule has 2 aromatic rings. The van der Waals surface area contributed by atoms with Gasteiger partial charge in [-0.05, 0) is 32.0 Å². The lowest BCUT2D eigenvalue weighted by molar-refractivity contribution is 0.0948. The molecule has 5 nitrogen and oxygen atoms in total. The molecule has 3 rings (SSSR count). The summed E-state index contributed by atoms with van der Waals surface area (Å²) in [5.41, 5.74) is 1.83. The average molecular weight is 391 g/mol. The summed E-state index contributed by atoms with van der Waals surface area (Å²) in [5.74, 6) is 0.806. The number of piperazine rings is 1. The highest BCUT2D eigenvalue weighted by Crippen LogP contribution is 2.26. The van der Waals surface area contributed by atoms with Gasteiger partial charge in [0.05, 0.1) is 16.3 Å². The molecule has 2 heterocycles. The first-order valence-corrected chi connectivity index (χ1v) is 10.9. The van der Waals surface area contributed by atoms with Crippen molar-refractivity contribution in [1.29, 1.82) is 0 Å². The number of rotatable bonds is 8. The van der Waals surface area contributed by atoms with E-state index in [0.29, 0.717) is 6.54 Å². The summed E-state index contributed by atoms with van der Waals surface area (Å²) in [6, 6.07) is 7.82. The van der Waals surface area contributed by atoms with E-state index in [9.17, 15) is 4.79 Å². The smallest absolute Gasteiger partial charge is 0.252 e. The van der Waals surface area contributed by atoms with Gasteiger partial charge in [0.1, 0.15) is 0 Å². The number of amides is 1. The molecule has 0 unspecified atom stereocenters. The van der Waals surface area contributed by atoms with E-state index in [1.165, 1.54) is 0 Å². The Labute approximate surface area is 163 Å². The number of aromatic nitrogens is 1. The minimum atomic E-state index is 0.0165. The summed E-state index contributed by atoms with van der Waals surface area (Å²) in [6.07, 6.45) is 0.985. The lowest BCUT2D eigenvalue weighted by Gasteiger charge is -2.27. The maximum absolute atomic E-state index is 12.6. The Balaban J connectivity index is 1.47. The maximum atomic E-state index is 12.6. The van der Waals surface area contributed by atoms with Crippen LogP contribution in [0.2, 0.25) is 0 Å². The van der Waals surface area contributed by atoms with Gasteiger partial charge in [-0.15, -0.1) is 23.1 Å². The van der Waals surface area contributed by atoms with Crippen molar-refractivity contribution in [2.24, 2.45) is 0 Å². The van der Waals surface area contributed by atoms with E-state index in [1.54, 1.807) is 23.1 Å². The third kappa shape index (κ3) is 5.81. The van der Waals surface area contributed by atoms with E-state index in [2.05, 4.69) is 25.9 Å². The molecule has 0 atom stereocenters. The number of aryl methyl sites for hydroxylation is 1. The lowest BCUT2D eigenvalue weighted by atomic mass is 10.2. The van der Waals surface area contributed by atoms with Gasteiger partial charge in [-0.1, -0.05) is 12.1 Å². The van der Waals surface area contributed by atoms with Crippen molar-refractivity contribution in [3.63, 3.8) is 0 Å². The number of nitrogens with one attached hydrogen (secondary N) is 2. The molecule has 0 spiro atoms. The van der Waals surface area contributed by atoms with E-state index in [1.807, 2.05) is 31.2 Å². The average Bonchev–Trinajstić information content (AvgIpc) is 3.10. The zero-order valence-corrected chi connectivity index (χ0v) is 16.8. The Morgan fingerprint density at radius 2 is 2.15 bits per heavy atom. The van der Waals surface area contributed by atoms with E-state index in [-0.39, 0.29) is 5.91 Å². The molecule has 140 valence electrons. The third-order valence-corrected chi connectivity index (χ3v) is 6.25. The molecule has 2 N–H and O–H groups in total. The van der Waals surface area contributed by atoms with Crippen LogP contribution in [0.15, 0.2) is 34.5 Å². The fourth-order valence-electron chi connectivity index (χ4n) is 2.94. The van der Waals surface area contributed by atoms with Crippen molar-refractivity contribution in [2.45, 2.75) is 24.0 Å². The topological polar surface area (TPSA) is 57.3 Å². The molecule has 0 aliphatic carbocycles. The standard InChI is InChI=1S/C19H26N4OS2/c1-15-22-16(13-25-15)14-26-18-6-3-2-5-17(18)19(24)21-7-4-10-23-11-8-20-9-12-23/h2-3,5-6,13,20H,4,7-12,14H2,1H3,(H,21,24). The van der Waals surface area contributed by atoms with Crippen LogP contribution in [0.3, 0.4) is 0 Å². The van der Waals surface area contributed by atoms with Gasteiger partial charge < -0.3 is 15.5 Å². The van der Waals surface area contributed by atoms with Crippen molar-refractivity contribution in [2.75, 3.05) is 39.3 Å². The van der Waals surface area contributed by atoms with Crippen LogP contribution < -0.4 is 10.6 Å². The predicted octanol–water partition coefficient (Wildman–Crippen LogP) is 2.77. The number of carbonyl (C=O) groups excluding carboxylic acids is 1. The second-order valence-electron chi connectivity index (χ2n) is 6.34. The highest BCUT2D eigenvalue weighted by molar-refractivity contribution is 7.98. The Bertz CT molecular complexity index is 713. The minimum Gasteiger partial charge on any atom is -0.352 e. The Morgan fingerprint density at radius 3 is 2.92 bits per heavy atom. The van der Waals surface area contributed by atoms with Crippen LogP contribution >= 0.6 is 23.1 Å². The number of thioether (sulfide) groups is 1. The zero-order chi connectivity index (χ0) is 18.2. The number of hydrogen-bond donors (Lipinski definition) is 2. The molecule has 1 aromatic heterocycles. The zero-order valence-electron chi connectivity index (χ0n) is 15.2. The van der Waals surface area contributed by atoms with Gasteiger partial charge in [-0.3, -0.25) is 4.79 Å². The molecule has 7 heteroatoms. The monoisotopic (exact) mass is 390 g/mol. The fraction of sp³-hybridized carbons (Fsp3) is 0.474. The first kappa shape index (κ1) is 19.4. The van der Waals surface area contributed by atoms with Crippen LogP contribution in [0.4, 0.5) is 0 Å². The van der Waals surface area contributed by atoms with E-state index < -0.39 is 0 Å². The Kier molecular flexibility index (Phi) is 7.49. The normalized spacial score (nSPS) is 15.1. The molecule has 1 saturated heterocycles. The molecule has 26 heavy (non-hydrogen) atoms. The summed E-state index contributed by atoms with van der Waals surface area (Å²) in [7, 11) is 0. The van der Waals surface area contributed by atoms with Gasteiger partial charge in [-0.2, -0.15) is 0 Å². The highest BCUT2D eigenvalue weighted by Gasteiger charge is 2.13. The molecular formula is C19H26N4OS2. The number of benzene rings is 1. The summed E-state index contributed by atoms with van der Waals surface area (Å²) < 4.78 is 0. The number of nitrogens with zero attached hydrogens (tertiary/aromatic N) is 2. The first-order chi connectivity index (χ1) is 12.7. The molecule has 0 saturated carbocycles. The molecule has 1 aromatic carbocycles. The Hall–Kier alpha value is -1.41. The molecule has 0 radical (unpaired) electrons. The largest absolute Gasteiger partial charge is 0.352 e. The highest BCUT2D eigenvalue weighted by atomic mass is 32.2. The molecule has 1 aliphatic heterocycles. The van der Waals surface area contributed by atoms with Gasteiger partial charge in [0.25, 0.3) is 5.91 Å². The maximum Gasteiger partial charge on any atom is 0.252 e. The summed E-state index contributed by atoms with van der Waals surface area (Å²) in [6.45, 7) is 8.10. The molecule has 0 bridgehead atoms. The van der Waals surface area contributed by atoms with Crippen LogP contribution in [-0.2, 0) is 5.75 Å². The third-order valence-electron chi connectivity index (χ3n) is 4.32. The van der Waals surface area contributed by atoms with Gasteiger partial charge in [-0.25, -0.2) is 4.98 Å². The molecular weight excluding hydrogens is 364 g/mol. The van der Waals surface area contributed by atoms with Gasteiger partial charge in [0.2, 0.25) is 0 Å². The second-order valence-corrected chi connectivity index (χ2v) is 8.42. The SMILES string of the molecule is Cc1nc(CSc2ccccc2C(=O)NCCCN2CCNCC2)cs1. The quantitative estimate of drug-likeness (QED) is 0.536. The summed E-state index contributed by atoms with van der Waals surface area (Å²) >= 11 is 3.34. The number of hydrogen-bond acceptors (Lipinski definition) is 6. The van der Waals surface area contributed by atoms with Crippen LogP contribution in [0.25, 0.3) is 0 Å². The van der Waals surface area contributed by atoms with Crippen molar-refractivity contribution in [3.8, 4) is 0 Å². The van der Waals surface area contributed by atoms with Gasteiger partial charge in [0, 0.05) is 48.8 Å². The Morgan fingerprint density at radius 1 is 1.35 bits per heavy atom. The van der Waals surface area contributed by atoms with Crippen LogP contribution in [-0.4, -0.2) is 55.1 Å². The van der Waals surface area contributed by atoms with E-state index in [0.717, 1.165) is 66.1 Å². The van der Waals surface area contributed by atoms with Gasteiger partial charge in [0.15, 0.2) is 0 Å². The van der Waals surface area contributed by atoms with Crippen molar-refractivity contribution in [1.82, 2.24) is 20.5 Å². The molecule has 1 amide bonds. The second kappa shape index (κ2) is 10.1. The number of carbonyl (C=O) groups is 1. The van der Waals surface area contributed by atoms with Crippen molar-refractivity contribution >= 4 is 29.0 Å². The van der Waals surface area contributed by atoms with E-state index >= 15 is 0 Å². The van der Waals surface area contributed by atoms with Gasteiger partial charge >= 0.3 is 0 Å². The van der Waals surface area contributed by atoms with Crippen LogP contribution in [0.5, 0.6) is 0 Å². The summed E-state index contributed by atoms with van der Waals surface area (Å²) in [4.78, 5) is 20.5. The van der Waals surface area contributed by atoms with Crippen molar-refractivity contribution in [3.05, 3.63) is 45.9 Å². The fourth-order valence-corrected chi connectivity index (χ4v) is 4.60. The minimum absolute atomic E-state index is 0.0165. The van der Waals surface area contributed by atoms with Crippen molar-refractivity contribution < 1.29 is 4.79 Å². The number of thiazole rings is 1. The van der Waals surface area contributed by atoms with E-state index in [4.69, 9.17) is 0 Å². The van der Waals surface area contributed by atoms with Crippen LogP contribution in [0, 0.1) is 6.92 Å². The first-order valence-electron chi connectivity index (χ1n) is 9.06. The predicted molar refractivity (Wildman–Crippen MR) is 109 cm³/mol. The lowest BCUT2D eigenvalue weighted by Crippen LogP contribution is -2.44. The molecule has 1 aliphatic rings.